The number of hydrogen-bond donors (Lipinski definition) is 2. The monoisotopic (exact) mass is 749 g/mol. The fourth-order valence-corrected chi connectivity index (χ4v) is 5.49. The second kappa shape index (κ2) is 38.2. The molecule has 0 aliphatic rings. The number of esters is 2. The summed E-state index contributed by atoms with van der Waals surface area (Å²) in [6, 6.07) is 0. The topological polar surface area (TPSA) is 120 Å². The Morgan fingerprint density at radius 3 is 1.46 bits per heavy atom. The third-order valence-electron chi connectivity index (χ3n) is 7.80. The third-order valence-corrected chi connectivity index (χ3v) is 8.78. The summed E-state index contributed by atoms with van der Waals surface area (Å²) < 4.78 is 33.0. The Morgan fingerprint density at radius 1 is 0.596 bits per heavy atom. The Morgan fingerprint density at radius 2 is 1.02 bits per heavy atom. The van der Waals surface area contributed by atoms with Gasteiger partial charge in [-0.3, -0.25) is 18.6 Å². The fraction of sp³-hybridized carbons (Fsp3) is 0.667. The van der Waals surface area contributed by atoms with Crippen LogP contribution in [0.1, 0.15) is 142 Å². The number of ether oxygens (including phenoxy) is 2. The first kappa shape index (κ1) is 49.5. The number of hydrogen-bond acceptors (Lipinski definition) is 8. The van der Waals surface area contributed by atoms with E-state index in [-0.39, 0.29) is 26.1 Å². The zero-order valence-electron chi connectivity index (χ0n) is 32.7. The molecule has 0 aromatic rings. The molecule has 0 heterocycles. The van der Waals surface area contributed by atoms with Gasteiger partial charge in [-0.2, -0.15) is 0 Å². The van der Waals surface area contributed by atoms with Crippen LogP contribution in [0.2, 0.25) is 0 Å². The number of allylic oxidation sites excluding steroid dienone is 12. The molecule has 2 atom stereocenters. The van der Waals surface area contributed by atoms with Gasteiger partial charge < -0.3 is 19.7 Å². The highest BCUT2D eigenvalue weighted by atomic mass is 31.2. The molecule has 0 amide bonds. The maximum atomic E-state index is 12.6. The quantitative estimate of drug-likeness (QED) is 0.0279. The maximum Gasteiger partial charge on any atom is 0.472 e. The Hall–Kier alpha value is -2.55. The van der Waals surface area contributed by atoms with Crippen LogP contribution in [0.3, 0.4) is 0 Å². The molecule has 0 rings (SSSR count). The molecule has 0 fully saturated rings. The second-order valence-electron chi connectivity index (χ2n) is 12.8. The van der Waals surface area contributed by atoms with Crippen molar-refractivity contribution in [3.63, 3.8) is 0 Å². The van der Waals surface area contributed by atoms with Gasteiger partial charge in [0.25, 0.3) is 0 Å². The van der Waals surface area contributed by atoms with E-state index in [2.05, 4.69) is 92.1 Å². The lowest BCUT2D eigenvalue weighted by Crippen LogP contribution is -2.29. The van der Waals surface area contributed by atoms with Crippen molar-refractivity contribution in [3.05, 3.63) is 72.9 Å². The number of nitrogens with one attached hydrogen (secondary N) is 1. The van der Waals surface area contributed by atoms with Crippen LogP contribution in [0.4, 0.5) is 0 Å². The highest BCUT2D eigenvalue weighted by Gasteiger charge is 2.26. The first-order chi connectivity index (χ1) is 25.3. The molecule has 2 unspecified atom stereocenters. The molecular weight excluding hydrogens is 677 g/mol. The minimum Gasteiger partial charge on any atom is -0.462 e. The van der Waals surface area contributed by atoms with Gasteiger partial charge in [0.15, 0.2) is 6.10 Å². The van der Waals surface area contributed by atoms with Gasteiger partial charge in [-0.15, -0.1) is 0 Å². The molecule has 0 radical (unpaired) electrons. The van der Waals surface area contributed by atoms with Crippen molar-refractivity contribution in [1.29, 1.82) is 0 Å². The van der Waals surface area contributed by atoms with Crippen LogP contribution >= 0.6 is 7.82 Å². The van der Waals surface area contributed by atoms with E-state index in [9.17, 15) is 19.0 Å². The Balaban J connectivity index is 4.44. The summed E-state index contributed by atoms with van der Waals surface area (Å²) in [6.07, 6.45) is 43.8. The van der Waals surface area contributed by atoms with Crippen LogP contribution in [0.25, 0.3) is 0 Å². The summed E-state index contributed by atoms with van der Waals surface area (Å²) in [5.74, 6) is -0.905. The minimum atomic E-state index is -4.37. The van der Waals surface area contributed by atoms with E-state index in [1.54, 1.807) is 7.05 Å². The zero-order valence-corrected chi connectivity index (χ0v) is 33.6. The molecule has 9 nitrogen and oxygen atoms in total. The molecule has 0 spiro atoms. The number of unbranched alkanes of at least 4 members (excludes halogenated alkanes) is 10. The molecule has 0 aliphatic carbocycles. The number of phosphoric ester groups is 1. The van der Waals surface area contributed by atoms with Crippen LogP contribution in [0, 0.1) is 0 Å². The summed E-state index contributed by atoms with van der Waals surface area (Å²) in [5.41, 5.74) is 0. The van der Waals surface area contributed by atoms with E-state index >= 15 is 0 Å². The lowest BCUT2D eigenvalue weighted by atomic mass is 10.1. The molecule has 0 aliphatic heterocycles. The summed E-state index contributed by atoms with van der Waals surface area (Å²) in [7, 11) is -2.68. The standard InChI is InChI=1S/C42H72NO8P/c1-4-6-8-10-12-14-16-18-20-22-24-26-28-30-32-34-41(44)48-38-40(39-50-52(46,47)49-37-36-43-3)51-42(45)35-33-31-29-27-25-23-21-19-17-15-13-11-9-7-5-2/h12-15,18-21,24-27,40,43H,4-11,16-17,22-23,28-39H2,1-3H3,(H,46,47)/b14-12-,15-13-,20-18-,21-19-,26-24-,27-25-. The predicted molar refractivity (Wildman–Crippen MR) is 215 cm³/mol. The zero-order chi connectivity index (χ0) is 38.2. The predicted octanol–water partition coefficient (Wildman–Crippen LogP) is 11.0. The van der Waals surface area contributed by atoms with Crippen molar-refractivity contribution in [2.24, 2.45) is 0 Å². The van der Waals surface area contributed by atoms with Crippen molar-refractivity contribution in [2.75, 3.05) is 33.4 Å². The van der Waals surface area contributed by atoms with Gasteiger partial charge in [-0.05, 0) is 96.9 Å². The van der Waals surface area contributed by atoms with Gasteiger partial charge >= 0.3 is 19.8 Å². The van der Waals surface area contributed by atoms with Crippen LogP contribution in [-0.4, -0.2) is 56.3 Å². The first-order valence-electron chi connectivity index (χ1n) is 19.9. The normalized spacial score (nSPS) is 14.2. The second-order valence-corrected chi connectivity index (χ2v) is 14.2. The van der Waals surface area contributed by atoms with Crippen molar-refractivity contribution in [2.45, 2.75) is 148 Å². The van der Waals surface area contributed by atoms with E-state index in [4.69, 9.17) is 18.5 Å². The Kier molecular flexibility index (Phi) is 36.3. The molecule has 2 N–H and O–H groups in total. The molecule has 52 heavy (non-hydrogen) atoms. The molecule has 0 saturated carbocycles. The molecule has 0 aromatic heterocycles. The largest absolute Gasteiger partial charge is 0.472 e. The smallest absolute Gasteiger partial charge is 0.462 e. The summed E-state index contributed by atoms with van der Waals surface area (Å²) >= 11 is 0. The lowest BCUT2D eigenvalue weighted by molar-refractivity contribution is -0.161. The van der Waals surface area contributed by atoms with E-state index in [1.807, 2.05) is 0 Å². The Labute approximate surface area is 316 Å². The van der Waals surface area contributed by atoms with E-state index < -0.39 is 32.5 Å². The van der Waals surface area contributed by atoms with Crippen LogP contribution in [0.5, 0.6) is 0 Å². The highest BCUT2D eigenvalue weighted by Crippen LogP contribution is 2.43. The minimum absolute atomic E-state index is 0.0340. The molecule has 10 heteroatoms. The molecule has 0 bridgehead atoms. The van der Waals surface area contributed by atoms with Gasteiger partial charge in [0.2, 0.25) is 0 Å². The highest BCUT2D eigenvalue weighted by molar-refractivity contribution is 7.47. The summed E-state index contributed by atoms with van der Waals surface area (Å²) in [6.45, 7) is 4.05. The summed E-state index contributed by atoms with van der Waals surface area (Å²) in [5, 5.41) is 2.81. The average molecular weight is 750 g/mol. The van der Waals surface area contributed by atoms with Gasteiger partial charge in [0, 0.05) is 19.4 Å². The SMILES string of the molecule is CCCCC/C=C\C/C=C\C/C=C\CCCCC(=O)OCC(COP(=O)(O)OCCNC)OC(=O)CCCC/C=C\C/C=C\C/C=C\CCCCC. The Bertz CT molecular complexity index is 1080. The first-order valence-corrected chi connectivity index (χ1v) is 21.4. The molecular formula is C42H72NO8P. The van der Waals surface area contributed by atoms with Gasteiger partial charge in [0.05, 0.1) is 13.2 Å². The fourth-order valence-electron chi connectivity index (χ4n) is 4.74. The van der Waals surface area contributed by atoms with E-state index in [0.717, 1.165) is 64.2 Å². The van der Waals surface area contributed by atoms with Gasteiger partial charge in [-0.25, -0.2) is 4.57 Å². The number of carbonyl (C=O) groups excluding carboxylic acids is 2. The number of rotatable bonds is 36. The van der Waals surface area contributed by atoms with E-state index in [1.165, 1.54) is 38.5 Å². The maximum absolute atomic E-state index is 12.6. The van der Waals surface area contributed by atoms with Crippen LogP contribution in [0.15, 0.2) is 72.9 Å². The number of carbonyl (C=O) groups is 2. The van der Waals surface area contributed by atoms with Gasteiger partial charge in [-0.1, -0.05) is 112 Å². The summed E-state index contributed by atoms with van der Waals surface area (Å²) in [4.78, 5) is 34.9. The average Bonchev–Trinajstić information content (AvgIpc) is 3.12. The van der Waals surface area contributed by atoms with Gasteiger partial charge in [0.1, 0.15) is 6.61 Å². The number of likely N-dealkylation sites (N-methyl/N-ethyl adjacent to an activating group) is 1. The van der Waals surface area contributed by atoms with Crippen molar-refractivity contribution < 1.29 is 37.6 Å². The van der Waals surface area contributed by atoms with Crippen LogP contribution in [-0.2, 0) is 32.7 Å². The van der Waals surface area contributed by atoms with Crippen LogP contribution < -0.4 is 5.32 Å². The molecule has 0 saturated heterocycles. The van der Waals surface area contributed by atoms with Crippen molar-refractivity contribution >= 4 is 19.8 Å². The lowest BCUT2D eigenvalue weighted by Gasteiger charge is -2.20. The van der Waals surface area contributed by atoms with Crippen molar-refractivity contribution in [1.82, 2.24) is 5.32 Å². The number of phosphoric acid groups is 1. The molecule has 298 valence electrons. The van der Waals surface area contributed by atoms with Crippen molar-refractivity contribution in [3.8, 4) is 0 Å². The third kappa shape index (κ3) is 37.2. The molecule has 0 aromatic carbocycles. The van der Waals surface area contributed by atoms with E-state index in [0.29, 0.717) is 19.4 Å².